The number of hydrogen-bond acceptors (Lipinski definition) is 3. The molecule has 25 heavy (non-hydrogen) atoms. The average molecular weight is 341 g/mol. The molecular weight excluding hydrogens is 314 g/mol. The zero-order valence-electron chi connectivity index (χ0n) is 15.5. The molecule has 4 nitrogen and oxygen atoms in total. The van der Waals surface area contributed by atoms with Crippen LogP contribution in [0, 0.1) is 20.8 Å². The predicted molar refractivity (Wildman–Crippen MR) is 102 cm³/mol. The fourth-order valence-corrected chi connectivity index (χ4v) is 2.50. The fourth-order valence-electron chi connectivity index (χ4n) is 2.50. The van der Waals surface area contributed by atoms with E-state index in [9.17, 15) is 4.79 Å². The molecule has 0 aliphatic carbocycles. The number of nitrogens with one attached hydrogen (secondary N) is 1. The van der Waals surface area contributed by atoms with E-state index in [1.54, 1.807) is 0 Å². The van der Waals surface area contributed by atoms with Crippen LogP contribution >= 0.6 is 0 Å². The lowest BCUT2D eigenvalue weighted by molar-refractivity contribution is -0.118. The number of hydrogen-bond donors (Lipinski definition) is 1. The fraction of sp³-hybridized carbons (Fsp3) is 0.381. The van der Waals surface area contributed by atoms with Crippen molar-refractivity contribution in [3.05, 3.63) is 53.1 Å². The second kappa shape index (κ2) is 9.11. The third kappa shape index (κ3) is 5.52. The topological polar surface area (TPSA) is 47.6 Å². The van der Waals surface area contributed by atoms with Gasteiger partial charge in [0.15, 0.2) is 6.61 Å². The molecular formula is C21H27NO3. The Hall–Kier alpha value is -2.49. The van der Waals surface area contributed by atoms with E-state index < -0.39 is 0 Å². The van der Waals surface area contributed by atoms with E-state index >= 15 is 0 Å². The van der Waals surface area contributed by atoms with Gasteiger partial charge < -0.3 is 14.8 Å². The zero-order chi connectivity index (χ0) is 18.2. The number of unbranched alkanes of at least 4 members (excludes halogenated alkanes) is 1. The van der Waals surface area contributed by atoms with E-state index in [0.29, 0.717) is 18.0 Å². The van der Waals surface area contributed by atoms with E-state index in [2.05, 4.69) is 18.3 Å². The summed E-state index contributed by atoms with van der Waals surface area (Å²) in [4.78, 5) is 12.3. The summed E-state index contributed by atoms with van der Waals surface area (Å²) < 4.78 is 11.5. The summed E-state index contributed by atoms with van der Waals surface area (Å²) in [6.45, 7) is 8.78. The van der Waals surface area contributed by atoms with E-state index in [1.165, 1.54) is 0 Å². The van der Waals surface area contributed by atoms with E-state index in [-0.39, 0.29) is 12.5 Å². The highest BCUT2D eigenvalue weighted by Gasteiger charge is 2.10. The molecule has 0 spiro atoms. The minimum atomic E-state index is -0.204. The highest BCUT2D eigenvalue weighted by molar-refractivity contribution is 5.93. The lowest BCUT2D eigenvalue weighted by atomic mass is 10.1. The third-order valence-corrected chi connectivity index (χ3v) is 4.04. The number of aryl methyl sites for hydroxylation is 2. The number of rotatable bonds is 8. The van der Waals surface area contributed by atoms with Gasteiger partial charge in [0.2, 0.25) is 0 Å². The minimum absolute atomic E-state index is 0.0347. The highest BCUT2D eigenvalue weighted by atomic mass is 16.5. The molecule has 0 bridgehead atoms. The maximum Gasteiger partial charge on any atom is 0.262 e. The van der Waals surface area contributed by atoms with Crippen LogP contribution in [-0.2, 0) is 4.79 Å². The van der Waals surface area contributed by atoms with Crippen LogP contribution in [0.25, 0.3) is 0 Å². The lowest BCUT2D eigenvalue weighted by Crippen LogP contribution is -2.21. The maximum atomic E-state index is 12.3. The molecule has 2 aromatic carbocycles. The molecule has 0 radical (unpaired) electrons. The van der Waals surface area contributed by atoms with Crippen LogP contribution in [-0.4, -0.2) is 19.1 Å². The molecule has 0 aliphatic rings. The largest absolute Gasteiger partial charge is 0.491 e. The SMILES string of the molecule is CCCCOc1ccccc1NC(=O)COc1cc(C)cc(C)c1C. The first-order valence-corrected chi connectivity index (χ1v) is 8.73. The van der Waals surface area contributed by atoms with Crippen molar-refractivity contribution in [2.24, 2.45) is 0 Å². The summed E-state index contributed by atoms with van der Waals surface area (Å²) in [5.74, 6) is 1.23. The highest BCUT2D eigenvalue weighted by Crippen LogP contribution is 2.25. The number of carbonyl (C=O) groups excluding carboxylic acids is 1. The Kier molecular flexibility index (Phi) is 6.87. The van der Waals surface area contributed by atoms with Gasteiger partial charge in [0.05, 0.1) is 12.3 Å². The molecule has 0 aliphatic heterocycles. The van der Waals surface area contributed by atoms with Crippen molar-refractivity contribution in [2.75, 3.05) is 18.5 Å². The second-order valence-electron chi connectivity index (χ2n) is 6.24. The summed E-state index contributed by atoms with van der Waals surface area (Å²) >= 11 is 0. The quantitative estimate of drug-likeness (QED) is 0.701. The lowest BCUT2D eigenvalue weighted by Gasteiger charge is -2.14. The van der Waals surface area contributed by atoms with Crippen LogP contribution in [0.1, 0.15) is 36.5 Å². The Morgan fingerprint density at radius 3 is 2.56 bits per heavy atom. The summed E-state index contributed by atoms with van der Waals surface area (Å²) in [5.41, 5.74) is 4.00. The normalized spacial score (nSPS) is 10.4. The summed E-state index contributed by atoms with van der Waals surface area (Å²) in [6, 6.07) is 11.5. The van der Waals surface area contributed by atoms with Crippen molar-refractivity contribution >= 4 is 11.6 Å². The van der Waals surface area contributed by atoms with Crippen LogP contribution in [0.4, 0.5) is 5.69 Å². The van der Waals surface area contributed by atoms with Crippen molar-refractivity contribution < 1.29 is 14.3 Å². The molecule has 0 saturated heterocycles. The van der Waals surface area contributed by atoms with Crippen LogP contribution in [0.3, 0.4) is 0 Å². The zero-order valence-corrected chi connectivity index (χ0v) is 15.5. The number of ether oxygens (including phenoxy) is 2. The molecule has 2 rings (SSSR count). The Morgan fingerprint density at radius 2 is 1.80 bits per heavy atom. The van der Waals surface area contributed by atoms with Gasteiger partial charge in [0.1, 0.15) is 11.5 Å². The molecule has 0 atom stereocenters. The van der Waals surface area contributed by atoms with Gasteiger partial charge in [0, 0.05) is 0 Å². The molecule has 0 unspecified atom stereocenters. The van der Waals surface area contributed by atoms with Crippen LogP contribution < -0.4 is 14.8 Å². The van der Waals surface area contributed by atoms with E-state index in [1.807, 2.05) is 51.1 Å². The van der Waals surface area contributed by atoms with E-state index in [4.69, 9.17) is 9.47 Å². The van der Waals surface area contributed by atoms with Gasteiger partial charge in [0.25, 0.3) is 5.91 Å². The van der Waals surface area contributed by atoms with Crippen molar-refractivity contribution in [1.29, 1.82) is 0 Å². The molecule has 0 heterocycles. The van der Waals surface area contributed by atoms with Crippen molar-refractivity contribution in [3.63, 3.8) is 0 Å². The maximum absolute atomic E-state index is 12.3. The predicted octanol–water partition coefficient (Wildman–Crippen LogP) is 4.81. The Bertz CT molecular complexity index is 725. The first kappa shape index (κ1) is 18.8. The molecule has 0 saturated carbocycles. The smallest absolute Gasteiger partial charge is 0.262 e. The molecule has 134 valence electrons. The van der Waals surface area contributed by atoms with E-state index in [0.717, 1.165) is 35.3 Å². The molecule has 2 aromatic rings. The first-order chi connectivity index (χ1) is 12.0. The molecule has 1 N–H and O–H groups in total. The van der Waals surface area contributed by atoms with Crippen molar-refractivity contribution in [3.8, 4) is 11.5 Å². The molecule has 0 aromatic heterocycles. The summed E-state index contributed by atoms with van der Waals surface area (Å²) in [6.07, 6.45) is 2.05. The monoisotopic (exact) mass is 341 g/mol. The van der Waals surface area contributed by atoms with Crippen LogP contribution in [0.2, 0.25) is 0 Å². The number of anilines is 1. The summed E-state index contributed by atoms with van der Waals surface area (Å²) in [7, 11) is 0. The number of carbonyl (C=O) groups is 1. The van der Waals surface area contributed by atoms with Gasteiger partial charge in [-0.25, -0.2) is 0 Å². The Morgan fingerprint density at radius 1 is 1.04 bits per heavy atom. The number of benzene rings is 2. The molecule has 1 amide bonds. The van der Waals surface area contributed by atoms with Gasteiger partial charge in [-0.15, -0.1) is 0 Å². The minimum Gasteiger partial charge on any atom is -0.491 e. The third-order valence-electron chi connectivity index (χ3n) is 4.04. The van der Waals surface area contributed by atoms with Gasteiger partial charge in [-0.05, 0) is 62.1 Å². The number of para-hydroxylation sites is 2. The van der Waals surface area contributed by atoms with Gasteiger partial charge in [-0.2, -0.15) is 0 Å². The second-order valence-corrected chi connectivity index (χ2v) is 6.24. The first-order valence-electron chi connectivity index (χ1n) is 8.73. The molecule has 0 fully saturated rings. The van der Waals surface area contributed by atoms with Gasteiger partial charge >= 0.3 is 0 Å². The standard InChI is InChI=1S/C21H27NO3/c1-5-6-11-24-19-10-8-7-9-18(19)22-21(23)14-25-20-13-15(2)12-16(3)17(20)4/h7-10,12-13H,5-6,11,14H2,1-4H3,(H,22,23). The average Bonchev–Trinajstić information content (AvgIpc) is 2.58. The van der Waals surface area contributed by atoms with Crippen LogP contribution in [0.15, 0.2) is 36.4 Å². The number of amides is 1. The van der Waals surface area contributed by atoms with Crippen molar-refractivity contribution in [1.82, 2.24) is 0 Å². The van der Waals surface area contributed by atoms with Crippen molar-refractivity contribution in [2.45, 2.75) is 40.5 Å². The Balaban J connectivity index is 1.97. The van der Waals surface area contributed by atoms with Crippen LogP contribution in [0.5, 0.6) is 11.5 Å². The summed E-state index contributed by atoms with van der Waals surface area (Å²) in [5, 5.41) is 2.87. The molecule has 4 heteroatoms. The van der Waals surface area contributed by atoms with Gasteiger partial charge in [-0.1, -0.05) is 31.5 Å². The van der Waals surface area contributed by atoms with Gasteiger partial charge in [-0.3, -0.25) is 4.79 Å². The Labute approximate surface area is 150 Å².